The number of aromatic nitrogens is 4. The molecule has 0 spiro atoms. The Bertz CT molecular complexity index is 708. The monoisotopic (exact) mass is 253 g/mol. The molecule has 0 atom stereocenters. The Balaban J connectivity index is 2.04. The smallest absolute Gasteiger partial charge is 0.251 e. The molecule has 0 aliphatic rings. The van der Waals surface area contributed by atoms with Gasteiger partial charge in [0.15, 0.2) is 0 Å². The Labute approximate surface area is 109 Å². The summed E-state index contributed by atoms with van der Waals surface area (Å²) in [5.41, 5.74) is 8.20. The molecule has 0 radical (unpaired) electrons. The standard InChI is InChI=1S/C13H11N5O/c1-8-5-10(11(14)16-6-8)13-18-17-12(19-13)9-3-2-4-15-7-9/h2-7H,1H3,(H2,14,16). The van der Waals surface area contributed by atoms with Crippen LogP contribution in [-0.2, 0) is 0 Å². The second-order valence-electron chi connectivity index (χ2n) is 4.10. The minimum Gasteiger partial charge on any atom is -0.416 e. The maximum Gasteiger partial charge on any atom is 0.251 e. The molecule has 6 heteroatoms. The first-order valence-electron chi connectivity index (χ1n) is 5.70. The van der Waals surface area contributed by atoms with Crippen LogP contribution in [0.15, 0.2) is 41.2 Å². The first kappa shape index (κ1) is 11.3. The van der Waals surface area contributed by atoms with Crippen LogP contribution in [0, 0.1) is 6.92 Å². The van der Waals surface area contributed by atoms with Crippen LogP contribution in [0.4, 0.5) is 5.82 Å². The van der Waals surface area contributed by atoms with Gasteiger partial charge in [0.25, 0.3) is 5.89 Å². The van der Waals surface area contributed by atoms with Crippen molar-refractivity contribution in [3.05, 3.63) is 42.4 Å². The van der Waals surface area contributed by atoms with Crippen molar-refractivity contribution < 1.29 is 4.42 Å². The van der Waals surface area contributed by atoms with Gasteiger partial charge in [0.05, 0.1) is 11.1 Å². The van der Waals surface area contributed by atoms with E-state index < -0.39 is 0 Å². The fourth-order valence-electron chi connectivity index (χ4n) is 1.69. The number of pyridine rings is 2. The summed E-state index contributed by atoms with van der Waals surface area (Å²) in [7, 11) is 0. The number of aryl methyl sites for hydroxylation is 1. The Morgan fingerprint density at radius 2 is 2.00 bits per heavy atom. The fourth-order valence-corrected chi connectivity index (χ4v) is 1.69. The summed E-state index contributed by atoms with van der Waals surface area (Å²) in [4.78, 5) is 8.08. The quantitative estimate of drug-likeness (QED) is 0.751. The van der Waals surface area contributed by atoms with Gasteiger partial charge in [-0.2, -0.15) is 0 Å². The van der Waals surface area contributed by atoms with E-state index in [1.54, 1.807) is 18.6 Å². The lowest BCUT2D eigenvalue weighted by Gasteiger charge is -2.00. The van der Waals surface area contributed by atoms with Gasteiger partial charge in [-0.3, -0.25) is 4.98 Å². The van der Waals surface area contributed by atoms with Gasteiger partial charge in [-0.1, -0.05) is 0 Å². The number of nitrogens with two attached hydrogens (primary N) is 1. The zero-order valence-corrected chi connectivity index (χ0v) is 10.2. The number of nitrogens with zero attached hydrogens (tertiary/aromatic N) is 4. The molecule has 0 aliphatic carbocycles. The Morgan fingerprint density at radius 3 is 2.79 bits per heavy atom. The molecule has 0 unspecified atom stereocenters. The number of rotatable bonds is 2. The highest BCUT2D eigenvalue weighted by Gasteiger charge is 2.13. The second-order valence-corrected chi connectivity index (χ2v) is 4.10. The molecule has 0 aliphatic heterocycles. The van der Waals surface area contributed by atoms with Crippen molar-refractivity contribution in [3.8, 4) is 22.9 Å². The van der Waals surface area contributed by atoms with Gasteiger partial charge < -0.3 is 10.2 Å². The van der Waals surface area contributed by atoms with Crippen LogP contribution in [0.5, 0.6) is 0 Å². The molecule has 2 N–H and O–H groups in total. The number of nitrogen functional groups attached to an aromatic ring is 1. The zero-order chi connectivity index (χ0) is 13.2. The largest absolute Gasteiger partial charge is 0.416 e. The molecule has 3 heterocycles. The topological polar surface area (TPSA) is 90.7 Å². The van der Waals surface area contributed by atoms with Crippen LogP contribution >= 0.6 is 0 Å². The summed E-state index contributed by atoms with van der Waals surface area (Å²) in [5.74, 6) is 1.13. The van der Waals surface area contributed by atoms with Gasteiger partial charge in [0, 0.05) is 18.6 Å². The van der Waals surface area contributed by atoms with E-state index in [-0.39, 0.29) is 0 Å². The van der Waals surface area contributed by atoms with Crippen LogP contribution in [0.3, 0.4) is 0 Å². The van der Waals surface area contributed by atoms with Gasteiger partial charge in [0.2, 0.25) is 5.89 Å². The maximum atomic E-state index is 5.82. The molecule has 3 aromatic rings. The lowest BCUT2D eigenvalue weighted by molar-refractivity contribution is 0.584. The first-order chi connectivity index (χ1) is 9.24. The molecule has 19 heavy (non-hydrogen) atoms. The minimum absolute atomic E-state index is 0.354. The van der Waals surface area contributed by atoms with Crippen molar-refractivity contribution in [3.63, 3.8) is 0 Å². The maximum absolute atomic E-state index is 5.82. The lowest BCUT2D eigenvalue weighted by atomic mass is 10.2. The minimum atomic E-state index is 0.354. The van der Waals surface area contributed by atoms with Crippen molar-refractivity contribution in [2.45, 2.75) is 6.92 Å². The summed E-state index contributed by atoms with van der Waals surface area (Å²) in [5, 5.41) is 7.99. The van der Waals surface area contributed by atoms with Crippen LogP contribution in [0.2, 0.25) is 0 Å². The van der Waals surface area contributed by atoms with E-state index in [2.05, 4.69) is 20.2 Å². The van der Waals surface area contributed by atoms with E-state index in [1.807, 2.05) is 25.1 Å². The molecule has 0 saturated heterocycles. The summed E-state index contributed by atoms with van der Waals surface area (Å²) in [6, 6.07) is 5.52. The number of hydrogen-bond acceptors (Lipinski definition) is 6. The third-order valence-corrected chi connectivity index (χ3v) is 2.62. The van der Waals surface area contributed by atoms with Crippen molar-refractivity contribution >= 4 is 5.82 Å². The second kappa shape index (κ2) is 4.49. The van der Waals surface area contributed by atoms with Gasteiger partial charge in [-0.15, -0.1) is 10.2 Å². The van der Waals surface area contributed by atoms with Crippen molar-refractivity contribution in [2.24, 2.45) is 0 Å². The molecule has 94 valence electrons. The highest BCUT2D eigenvalue weighted by atomic mass is 16.4. The van der Waals surface area contributed by atoms with Crippen molar-refractivity contribution in [2.75, 3.05) is 5.73 Å². The van der Waals surface area contributed by atoms with Crippen molar-refractivity contribution in [1.29, 1.82) is 0 Å². The van der Waals surface area contributed by atoms with Crippen LogP contribution in [-0.4, -0.2) is 20.2 Å². The molecule has 0 fully saturated rings. The zero-order valence-electron chi connectivity index (χ0n) is 10.2. The van der Waals surface area contributed by atoms with Crippen LogP contribution in [0.25, 0.3) is 22.9 Å². The predicted octanol–water partition coefficient (Wildman–Crippen LogP) is 2.08. The molecule has 0 aromatic carbocycles. The van der Waals surface area contributed by atoms with Gasteiger partial charge in [-0.25, -0.2) is 4.98 Å². The molecular weight excluding hydrogens is 242 g/mol. The molecule has 0 bridgehead atoms. The Hall–Kier alpha value is -2.76. The average Bonchev–Trinajstić information content (AvgIpc) is 2.92. The van der Waals surface area contributed by atoms with Crippen molar-refractivity contribution in [1.82, 2.24) is 20.2 Å². The molecule has 3 aromatic heterocycles. The molecule has 6 nitrogen and oxygen atoms in total. The third-order valence-electron chi connectivity index (χ3n) is 2.62. The lowest BCUT2D eigenvalue weighted by Crippen LogP contribution is -1.94. The summed E-state index contributed by atoms with van der Waals surface area (Å²) < 4.78 is 5.61. The van der Waals surface area contributed by atoms with Crippen LogP contribution < -0.4 is 5.73 Å². The predicted molar refractivity (Wildman–Crippen MR) is 69.9 cm³/mol. The van der Waals surface area contributed by atoms with E-state index in [4.69, 9.17) is 10.2 Å². The van der Waals surface area contributed by atoms with Crippen LogP contribution in [0.1, 0.15) is 5.56 Å². The van der Waals surface area contributed by atoms with E-state index in [0.29, 0.717) is 23.2 Å². The van der Waals surface area contributed by atoms with E-state index in [0.717, 1.165) is 11.1 Å². The molecular formula is C13H11N5O. The molecule has 3 rings (SSSR count). The summed E-state index contributed by atoms with van der Waals surface area (Å²) >= 11 is 0. The fraction of sp³-hybridized carbons (Fsp3) is 0.0769. The van der Waals surface area contributed by atoms with E-state index in [9.17, 15) is 0 Å². The Kier molecular flexibility index (Phi) is 2.68. The average molecular weight is 253 g/mol. The van der Waals surface area contributed by atoms with Gasteiger partial charge in [0.1, 0.15) is 5.82 Å². The number of anilines is 1. The number of hydrogen-bond donors (Lipinski definition) is 1. The Morgan fingerprint density at radius 1 is 1.16 bits per heavy atom. The molecule has 0 amide bonds. The molecule has 0 saturated carbocycles. The third kappa shape index (κ3) is 2.15. The normalized spacial score (nSPS) is 10.6. The van der Waals surface area contributed by atoms with Gasteiger partial charge >= 0.3 is 0 Å². The highest BCUT2D eigenvalue weighted by molar-refractivity contribution is 5.68. The summed E-state index contributed by atoms with van der Waals surface area (Å²) in [6.45, 7) is 1.92. The SMILES string of the molecule is Cc1cnc(N)c(-c2nnc(-c3cccnc3)o2)c1. The van der Waals surface area contributed by atoms with E-state index >= 15 is 0 Å². The highest BCUT2D eigenvalue weighted by Crippen LogP contribution is 2.26. The van der Waals surface area contributed by atoms with E-state index in [1.165, 1.54) is 0 Å². The first-order valence-corrected chi connectivity index (χ1v) is 5.70. The summed E-state index contributed by atoms with van der Waals surface area (Å²) in [6.07, 6.45) is 5.04. The van der Waals surface area contributed by atoms with Gasteiger partial charge in [-0.05, 0) is 30.7 Å².